The highest BCUT2D eigenvalue weighted by atomic mass is 32.3. The molecular formula is C12H8S8. The average Bonchev–Trinajstić information content (AvgIpc) is 3.12. The Balaban J connectivity index is 1.49. The first kappa shape index (κ1) is 15.1. The molecule has 0 amide bonds. The number of allylic oxidation sites excluding steroid dienone is 2. The van der Waals surface area contributed by atoms with Crippen LogP contribution in [0.3, 0.4) is 0 Å². The summed E-state index contributed by atoms with van der Waals surface area (Å²) in [6.45, 7) is 4.44. The molecule has 0 bridgehead atoms. The quantitative estimate of drug-likeness (QED) is 0.390. The Kier molecular flexibility index (Phi) is 4.66. The third-order valence-corrected chi connectivity index (χ3v) is 14.1. The molecule has 0 saturated carbocycles. The van der Waals surface area contributed by atoms with Gasteiger partial charge in [-0.05, 0) is 34.5 Å². The summed E-state index contributed by atoms with van der Waals surface area (Å²) in [5.41, 5.74) is 0. The predicted molar refractivity (Wildman–Crippen MR) is 109 cm³/mol. The highest BCUT2D eigenvalue weighted by Crippen LogP contribution is 2.71. The lowest BCUT2D eigenvalue weighted by molar-refractivity contribution is 1.57. The fourth-order valence-corrected chi connectivity index (χ4v) is 12.9. The molecule has 4 aliphatic heterocycles. The van der Waals surface area contributed by atoms with Crippen molar-refractivity contribution in [1.29, 1.82) is 0 Å². The molecule has 104 valence electrons. The third kappa shape index (κ3) is 2.84. The highest BCUT2D eigenvalue weighted by molar-refractivity contribution is 8.49. The van der Waals surface area contributed by atoms with Crippen molar-refractivity contribution < 1.29 is 0 Å². The molecule has 0 aromatic carbocycles. The van der Waals surface area contributed by atoms with Crippen LogP contribution >= 0.6 is 94.1 Å². The van der Waals surface area contributed by atoms with Gasteiger partial charge < -0.3 is 0 Å². The van der Waals surface area contributed by atoms with Crippen molar-refractivity contribution in [2.24, 2.45) is 0 Å². The van der Waals surface area contributed by atoms with E-state index in [1.807, 2.05) is 94.1 Å². The highest BCUT2D eigenvalue weighted by Gasteiger charge is 2.34. The monoisotopic (exact) mass is 408 g/mol. The Labute approximate surface area is 152 Å². The lowest BCUT2D eigenvalue weighted by Gasteiger charge is -2.06. The minimum atomic E-state index is 1.45. The summed E-state index contributed by atoms with van der Waals surface area (Å²) in [6.07, 6.45) is 0. The van der Waals surface area contributed by atoms with E-state index in [9.17, 15) is 0 Å². The van der Waals surface area contributed by atoms with Crippen LogP contribution in [-0.4, -0.2) is 0 Å². The minimum absolute atomic E-state index is 1.45. The van der Waals surface area contributed by atoms with E-state index < -0.39 is 0 Å². The Morgan fingerprint density at radius 2 is 0.850 bits per heavy atom. The first-order valence-electron chi connectivity index (χ1n) is 5.66. The molecule has 0 aromatic rings. The normalized spacial score (nSPS) is 25.9. The van der Waals surface area contributed by atoms with Gasteiger partial charge in [-0.3, -0.25) is 0 Å². The van der Waals surface area contributed by atoms with E-state index in [-0.39, 0.29) is 0 Å². The molecule has 0 aromatic heterocycles. The Bertz CT molecular complexity index is 600. The van der Waals surface area contributed by atoms with E-state index >= 15 is 0 Å². The zero-order valence-corrected chi connectivity index (χ0v) is 17.0. The van der Waals surface area contributed by atoms with Gasteiger partial charge >= 0.3 is 0 Å². The van der Waals surface area contributed by atoms with Gasteiger partial charge in [0, 0.05) is 0 Å². The van der Waals surface area contributed by atoms with E-state index in [1.165, 1.54) is 35.2 Å². The molecule has 4 rings (SSSR count). The van der Waals surface area contributed by atoms with Crippen LogP contribution in [0.4, 0.5) is 0 Å². The van der Waals surface area contributed by atoms with Gasteiger partial charge in [0.05, 0.1) is 25.4 Å². The maximum Gasteiger partial charge on any atom is 0.0718 e. The molecule has 0 spiro atoms. The lowest BCUT2D eigenvalue weighted by atomic mass is 10.6. The third-order valence-electron chi connectivity index (χ3n) is 2.63. The van der Waals surface area contributed by atoms with Crippen LogP contribution in [0.1, 0.15) is 13.8 Å². The largest absolute Gasteiger partial charge is 0.0884 e. The lowest BCUT2D eigenvalue weighted by Crippen LogP contribution is -1.71. The van der Waals surface area contributed by atoms with Gasteiger partial charge in [0.25, 0.3) is 0 Å². The van der Waals surface area contributed by atoms with E-state index in [2.05, 4.69) is 24.7 Å². The van der Waals surface area contributed by atoms with E-state index in [0.29, 0.717) is 0 Å². The standard InChI is InChI=1S/C12H8S8/c1-5-6(2)16-9(15-5)10-19-11-12(20-10)18-8(17-11)7-13-3-4-14-7/h3-4H,1-2H3. The summed E-state index contributed by atoms with van der Waals surface area (Å²) in [4.78, 5) is 2.91. The molecule has 0 atom stereocenters. The second kappa shape index (κ2) is 6.19. The molecule has 0 fully saturated rings. The maximum atomic E-state index is 2.22. The van der Waals surface area contributed by atoms with Gasteiger partial charge in [0.2, 0.25) is 0 Å². The molecule has 20 heavy (non-hydrogen) atoms. The number of thioether (sulfide) groups is 8. The van der Waals surface area contributed by atoms with Gasteiger partial charge in [-0.25, -0.2) is 0 Å². The van der Waals surface area contributed by atoms with Crippen LogP contribution in [0, 0.1) is 0 Å². The fourth-order valence-electron chi connectivity index (χ4n) is 1.58. The molecule has 0 radical (unpaired) electrons. The minimum Gasteiger partial charge on any atom is -0.0884 e. The smallest absolute Gasteiger partial charge is 0.0718 e. The summed E-state index contributed by atoms with van der Waals surface area (Å²) >= 11 is 15.4. The van der Waals surface area contributed by atoms with Crippen molar-refractivity contribution in [3.05, 3.63) is 46.0 Å². The van der Waals surface area contributed by atoms with Crippen LogP contribution < -0.4 is 0 Å². The van der Waals surface area contributed by atoms with Crippen molar-refractivity contribution in [2.75, 3.05) is 0 Å². The molecule has 0 unspecified atom stereocenters. The van der Waals surface area contributed by atoms with Gasteiger partial charge in [-0.15, -0.1) is 0 Å². The Hall–Kier alpha value is 1.50. The summed E-state index contributed by atoms with van der Waals surface area (Å²) < 4.78 is 8.85. The van der Waals surface area contributed by atoms with Crippen LogP contribution in [0.2, 0.25) is 0 Å². The Morgan fingerprint density at radius 1 is 0.500 bits per heavy atom. The summed E-state index contributed by atoms with van der Waals surface area (Å²) in [5, 5.41) is 4.35. The molecule has 4 aliphatic rings. The first-order valence-corrected chi connectivity index (χ1v) is 12.3. The number of hydrogen-bond donors (Lipinski definition) is 0. The predicted octanol–water partition coefficient (Wildman–Crippen LogP) is 8.01. The Morgan fingerprint density at radius 3 is 1.30 bits per heavy atom. The molecule has 0 aliphatic carbocycles. The SMILES string of the molecule is CC1=C(C)SC(=C2SC3=C(SC(=C4SC=CS4)S3)S2)S1. The summed E-state index contributed by atoms with van der Waals surface area (Å²) in [6, 6.07) is 0. The zero-order chi connectivity index (χ0) is 13.7. The second-order valence-corrected chi connectivity index (χ2v) is 13.9. The van der Waals surface area contributed by atoms with Crippen molar-refractivity contribution in [3.8, 4) is 0 Å². The van der Waals surface area contributed by atoms with Crippen LogP contribution in [0.15, 0.2) is 46.0 Å². The molecular weight excluding hydrogens is 401 g/mol. The van der Waals surface area contributed by atoms with Crippen LogP contribution in [0.5, 0.6) is 0 Å². The van der Waals surface area contributed by atoms with Gasteiger partial charge in [0.15, 0.2) is 0 Å². The number of hydrogen-bond acceptors (Lipinski definition) is 8. The van der Waals surface area contributed by atoms with Crippen molar-refractivity contribution >= 4 is 94.1 Å². The van der Waals surface area contributed by atoms with Crippen LogP contribution in [-0.2, 0) is 0 Å². The van der Waals surface area contributed by atoms with Crippen molar-refractivity contribution in [3.63, 3.8) is 0 Å². The molecule has 0 nitrogen and oxygen atoms in total. The molecule has 0 saturated heterocycles. The maximum absolute atomic E-state index is 2.22. The van der Waals surface area contributed by atoms with Gasteiger partial charge in [-0.2, -0.15) is 0 Å². The molecule has 4 heterocycles. The second-order valence-electron chi connectivity index (χ2n) is 3.96. The van der Waals surface area contributed by atoms with E-state index in [0.717, 1.165) is 0 Å². The topological polar surface area (TPSA) is 0 Å². The van der Waals surface area contributed by atoms with Gasteiger partial charge in [0.1, 0.15) is 0 Å². The summed E-state index contributed by atoms with van der Waals surface area (Å²) in [7, 11) is 0. The first-order chi connectivity index (χ1) is 9.70. The van der Waals surface area contributed by atoms with Crippen molar-refractivity contribution in [1.82, 2.24) is 0 Å². The average molecular weight is 409 g/mol. The van der Waals surface area contributed by atoms with E-state index in [1.54, 1.807) is 0 Å². The summed E-state index contributed by atoms with van der Waals surface area (Å²) in [5.74, 6) is 0. The van der Waals surface area contributed by atoms with Gasteiger partial charge in [-0.1, -0.05) is 94.1 Å². The zero-order valence-electron chi connectivity index (χ0n) is 10.4. The van der Waals surface area contributed by atoms with Crippen LogP contribution in [0.25, 0.3) is 0 Å². The van der Waals surface area contributed by atoms with E-state index in [4.69, 9.17) is 0 Å². The fraction of sp³-hybridized carbons (Fsp3) is 0.167. The molecule has 0 N–H and O–H groups in total. The van der Waals surface area contributed by atoms with Crippen molar-refractivity contribution in [2.45, 2.75) is 13.8 Å². The molecule has 8 heteroatoms. The number of rotatable bonds is 0.